The van der Waals surface area contributed by atoms with E-state index in [1.54, 1.807) is 0 Å². The van der Waals surface area contributed by atoms with E-state index in [1.807, 2.05) is 13.0 Å². The number of rotatable bonds is 7. The lowest BCUT2D eigenvalue weighted by atomic mass is 9.99. The predicted octanol–water partition coefficient (Wildman–Crippen LogP) is 1.96. The van der Waals surface area contributed by atoms with Gasteiger partial charge in [-0.3, -0.25) is 9.69 Å². The standard InChI is InChI=1S/C16H24N2O2/c1-2-17-15(16(19)20)10-14-8-9-18(12-14)11-13-6-4-3-5-7-13/h3-7,14-15,17H,2,8-12H2,1H3,(H,19,20). The number of carboxylic acids is 1. The molecule has 4 heteroatoms. The lowest BCUT2D eigenvalue weighted by Gasteiger charge is -2.19. The molecular weight excluding hydrogens is 252 g/mol. The van der Waals surface area contributed by atoms with Crippen LogP contribution in [0.4, 0.5) is 0 Å². The number of carboxylic acid groups (broad SMARTS) is 1. The predicted molar refractivity (Wildman–Crippen MR) is 79.5 cm³/mol. The van der Waals surface area contributed by atoms with Crippen LogP contribution in [-0.2, 0) is 11.3 Å². The summed E-state index contributed by atoms with van der Waals surface area (Å²) in [7, 11) is 0. The average Bonchev–Trinajstić information content (AvgIpc) is 2.86. The average molecular weight is 276 g/mol. The van der Waals surface area contributed by atoms with E-state index in [-0.39, 0.29) is 0 Å². The van der Waals surface area contributed by atoms with Crippen LogP contribution in [-0.4, -0.2) is 41.7 Å². The van der Waals surface area contributed by atoms with Gasteiger partial charge in [-0.25, -0.2) is 0 Å². The molecule has 1 heterocycles. The molecule has 0 amide bonds. The number of aliphatic carboxylic acids is 1. The zero-order chi connectivity index (χ0) is 14.4. The van der Waals surface area contributed by atoms with Gasteiger partial charge in [0.15, 0.2) is 0 Å². The highest BCUT2D eigenvalue weighted by Crippen LogP contribution is 2.22. The minimum atomic E-state index is -0.728. The monoisotopic (exact) mass is 276 g/mol. The molecule has 1 aliphatic rings. The number of hydrogen-bond donors (Lipinski definition) is 2. The Balaban J connectivity index is 1.81. The number of hydrogen-bond acceptors (Lipinski definition) is 3. The maximum absolute atomic E-state index is 11.2. The first-order valence-electron chi connectivity index (χ1n) is 7.41. The highest BCUT2D eigenvalue weighted by Gasteiger charge is 2.27. The topological polar surface area (TPSA) is 52.6 Å². The van der Waals surface area contributed by atoms with Crippen LogP contribution in [0.25, 0.3) is 0 Å². The van der Waals surface area contributed by atoms with Gasteiger partial charge in [0.1, 0.15) is 6.04 Å². The maximum Gasteiger partial charge on any atom is 0.320 e. The Labute approximate surface area is 120 Å². The van der Waals surface area contributed by atoms with Gasteiger partial charge in [0.05, 0.1) is 0 Å². The molecule has 0 saturated carbocycles. The van der Waals surface area contributed by atoms with Crippen molar-refractivity contribution in [2.45, 2.75) is 32.4 Å². The third-order valence-corrected chi connectivity index (χ3v) is 3.94. The van der Waals surface area contributed by atoms with Crippen LogP contribution >= 0.6 is 0 Å². The fourth-order valence-corrected chi connectivity index (χ4v) is 2.94. The molecule has 1 saturated heterocycles. The van der Waals surface area contributed by atoms with Gasteiger partial charge in [-0.05, 0) is 37.4 Å². The molecule has 0 aromatic heterocycles. The highest BCUT2D eigenvalue weighted by atomic mass is 16.4. The van der Waals surface area contributed by atoms with Crippen LogP contribution in [0.5, 0.6) is 0 Å². The largest absolute Gasteiger partial charge is 0.480 e. The van der Waals surface area contributed by atoms with E-state index in [9.17, 15) is 9.90 Å². The van der Waals surface area contributed by atoms with E-state index < -0.39 is 12.0 Å². The number of benzene rings is 1. The van der Waals surface area contributed by atoms with Crippen molar-refractivity contribution in [2.24, 2.45) is 5.92 Å². The van der Waals surface area contributed by atoms with E-state index in [1.165, 1.54) is 5.56 Å². The molecule has 0 aliphatic carbocycles. The Kier molecular flexibility index (Phi) is 5.56. The van der Waals surface area contributed by atoms with E-state index in [2.05, 4.69) is 34.5 Å². The van der Waals surface area contributed by atoms with Crippen molar-refractivity contribution in [3.05, 3.63) is 35.9 Å². The molecule has 2 unspecified atom stereocenters. The fourth-order valence-electron chi connectivity index (χ4n) is 2.94. The Morgan fingerprint density at radius 3 is 2.85 bits per heavy atom. The van der Waals surface area contributed by atoms with Gasteiger partial charge in [-0.1, -0.05) is 37.3 Å². The van der Waals surface area contributed by atoms with E-state index in [0.29, 0.717) is 12.5 Å². The molecule has 2 N–H and O–H groups in total. The van der Waals surface area contributed by atoms with Crippen LogP contribution in [0.2, 0.25) is 0 Å². The third-order valence-electron chi connectivity index (χ3n) is 3.94. The third kappa shape index (κ3) is 4.32. The minimum absolute atomic E-state index is 0.401. The van der Waals surface area contributed by atoms with Gasteiger partial charge in [0, 0.05) is 13.1 Å². The van der Waals surface area contributed by atoms with Crippen LogP contribution < -0.4 is 5.32 Å². The Morgan fingerprint density at radius 1 is 1.45 bits per heavy atom. The molecule has 2 atom stereocenters. The highest BCUT2D eigenvalue weighted by molar-refractivity contribution is 5.73. The summed E-state index contributed by atoms with van der Waals surface area (Å²) in [6.07, 6.45) is 1.83. The molecular formula is C16H24N2O2. The summed E-state index contributed by atoms with van der Waals surface area (Å²) in [5.41, 5.74) is 1.33. The summed E-state index contributed by atoms with van der Waals surface area (Å²) < 4.78 is 0. The van der Waals surface area contributed by atoms with Gasteiger partial charge in [0.2, 0.25) is 0 Å². The summed E-state index contributed by atoms with van der Waals surface area (Å²) in [5.74, 6) is -0.243. The Bertz CT molecular complexity index is 422. The Morgan fingerprint density at radius 2 is 2.20 bits per heavy atom. The normalized spacial score (nSPS) is 20.9. The molecule has 2 rings (SSSR count). The molecule has 4 nitrogen and oxygen atoms in total. The first kappa shape index (κ1) is 15.0. The lowest BCUT2D eigenvalue weighted by Crippen LogP contribution is -2.38. The van der Waals surface area contributed by atoms with Crippen molar-refractivity contribution in [1.29, 1.82) is 0 Å². The van der Waals surface area contributed by atoms with Gasteiger partial charge in [0.25, 0.3) is 0 Å². The van der Waals surface area contributed by atoms with Crippen LogP contribution in [0, 0.1) is 5.92 Å². The molecule has 1 aromatic rings. The van der Waals surface area contributed by atoms with Crippen molar-refractivity contribution >= 4 is 5.97 Å². The first-order valence-corrected chi connectivity index (χ1v) is 7.41. The minimum Gasteiger partial charge on any atom is -0.480 e. The summed E-state index contributed by atoms with van der Waals surface area (Å²) in [5, 5.41) is 12.2. The van der Waals surface area contributed by atoms with Crippen LogP contribution in [0.15, 0.2) is 30.3 Å². The fraction of sp³-hybridized carbons (Fsp3) is 0.562. The maximum atomic E-state index is 11.2. The number of nitrogens with one attached hydrogen (secondary N) is 1. The van der Waals surface area contributed by atoms with E-state index in [4.69, 9.17) is 0 Å². The number of nitrogens with zero attached hydrogens (tertiary/aromatic N) is 1. The smallest absolute Gasteiger partial charge is 0.320 e. The van der Waals surface area contributed by atoms with E-state index >= 15 is 0 Å². The zero-order valence-electron chi connectivity index (χ0n) is 12.1. The lowest BCUT2D eigenvalue weighted by molar-refractivity contribution is -0.139. The Hall–Kier alpha value is -1.39. The molecule has 110 valence electrons. The van der Waals surface area contributed by atoms with Crippen molar-refractivity contribution < 1.29 is 9.90 Å². The summed E-state index contributed by atoms with van der Waals surface area (Å²) >= 11 is 0. The molecule has 1 aromatic carbocycles. The van der Waals surface area contributed by atoms with Crippen molar-refractivity contribution in [3.63, 3.8) is 0 Å². The summed E-state index contributed by atoms with van der Waals surface area (Å²) in [6.45, 7) is 5.70. The molecule has 0 spiro atoms. The van der Waals surface area contributed by atoms with Gasteiger partial charge in [-0.15, -0.1) is 0 Å². The number of likely N-dealkylation sites (tertiary alicyclic amines) is 1. The number of likely N-dealkylation sites (N-methyl/N-ethyl adjacent to an activating group) is 1. The SMILES string of the molecule is CCNC(CC1CCN(Cc2ccccc2)C1)C(=O)O. The van der Waals surface area contributed by atoms with Crippen molar-refractivity contribution in [2.75, 3.05) is 19.6 Å². The first-order chi connectivity index (χ1) is 9.69. The van der Waals surface area contributed by atoms with Crippen LogP contribution in [0.3, 0.4) is 0 Å². The zero-order valence-corrected chi connectivity index (χ0v) is 12.1. The molecule has 0 bridgehead atoms. The molecule has 1 aliphatic heterocycles. The second-order valence-electron chi connectivity index (χ2n) is 5.56. The van der Waals surface area contributed by atoms with Crippen molar-refractivity contribution in [1.82, 2.24) is 10.2 Å². The van der Waals surface area contributed by atoms with Crippen molar-refractivity contribution in [3.8, 4) is 0 Å². The molecule has 1 fully saturated rings. The van der Waals surface area contributed by atoms with Gasteiger partial charge < -0.3 is 10.4 Å². The van der Waals surface area contributed by atoms with Gasteiger partial charge in [-0.2, -0.15) is 0 Å². The quantitative estimate of drug-likeness (QED) is 0.799. The second kappa shape index (κ2) is 7.41. The summed E-state index contributed by atoms with van der Waals surface area (Å²) in [4.78, 5) is 13.6. The molecule has 20 heavy (non-hydrogen) atoms. The molecule has 0 radical (unpaired) electrons. The second-order valence-corrected chi connectivity index (χ2v) is 5.56. The number of carbonyl (C=O) groups is 1. The van der Waals surface area contributed by atoms with E-state index in [0.717, 1.165) is 32.5 Å². The van der Waals surface area contributed by atoms with Crippen LogP contribution in [0.1, 0.15) is 25.3 Å². The van der Waals surface area contributed by atoms with Gasteiger partial charge >= 0.3 is 5.97 Å². The summed E-state index contributed by atoms with van der Waals surface area (Å²) in [6, 6.07) is 10.0.